The molecule has 4 heterocycles. The molecular weight excluding hydrogens is 781 g/mol. The zero-order valence-corrected chi connectivity index (χ0v) is 34.5. The highest BCUT2D eigenvalue weighted by Gasteiger charge is 2.22. The molecule has 13 rings (SSSR count). The molecule has 298 valence electrons. The molecule has 0 aliphatic heterocycles. The van der Waals surface area contributed by atoms with Crippen molar-refractivity contribution in [1.82, 2.24) is 29.1 Å². The van der Waals surface area contributed by atoms with E-state index in [-0.39, 0.29) is 0 Å². The lowest BCUT2D eigenvalue weighted by Gasteiger charge is -2.13. The van der Waals surface area contributed by atoms with Crippen molar-refractivity contribution in [2.24, 2.45) is 0 Å². The molecule has 13 aromatic rings. The summed E-state index contributed by atoms with van der Waals surface area (Å²) in [4.78, 5) is 21.3. The topological polar surface area (TPSA) is 61.4 Å². The molecule has 9 aromatic carbocycles. The first-order valence-corrected chi connectivity index (χ1v) is 21.6. The van der Waals surface area contributed by atoms with E-state index in [1.54, 1.807) is 0 Å². The van der Waals surface area contributed by atoms with Crippen LogP contribution in [0.25, 0.3) is 122 Å². The standard InChI is InChI=1S/C58H36N6/c1-5-16-37(17-6-1)47-35-48(38-18-7-2-8-19-38)60-57(59-47)63-51-26-14-13-25-45(51)46-31-30-42(33-53(46)63)44-32-43-29-28-41-24-15-27-52-55(41)56(43)54(34-44)64(52)58-61-49(39-20-9-3-10-21-39)36-50(62-58)40-22-11-4-12-23-40/h1-36H. The van der Waals surface area contributed by atoms with Gasteiger partial charge in [0.05, 0.1) is 44.8 Å². The summed E-state index contributed by atoms with van der Waals surface area (Å²) in [6.45, 7) is 0. The van der Waals surface area contributed by atoms with E-state index in [1.165, 1.54) is 16.2 Å². The summed E-state index contributed by atoms with van der Waals surface area (Å²) in [5.41, 5.74) is 14.0. The monoisotopic (exact) mass is 816 g/mol. The molecule has 0 spiro atoms. The number of fused-ring (bicyclic) bond motifs is 3. The number of rotatable bonds is 7. The molecule has 0 N–H and O–H groups in total. The van der Waals surface area contributed by atoms with Gasteiger partial charge in [0.2, 0.25) is 11.9 Å². The Kier molecular flexibility index (Phi) is 8.11. The average Bonchev–Trinajstić information content (AvgIpc) is 3.89. The van der Waals surface area contributed by atoms with Crippen molar-refractivity contribution in [2.75, 3.05) is 0 Å². The Hall–Kier alpha value is -8.74. The Morgan fingerprint density at radius 3 is 1.25 bits per heavy atom. The summed E-state index contributed by atoms with van der Waals surface area (Å²) in [6, 6.07) is 76.7. The van der Waals surface area contributed by atoms with Crippen LogP contribution in [0.1, 0.15) is 0 Å². The normalized spacial score (nSPS) is 11.8. The molecule has 0 saturated heterocycles. The lowest BCUT2D eigenvalue weighted by Crippen LogP contribution is -2.04. The maximum Gasteiger partial charge on any atom is 0.235 e. The summed E-state index contributed by atoms with van der Waals surface area (Å²) < 4.78 is 4.49. The lowest BCUT2D eigenvalue weighted by atomic mass is 9.97. The number of nitrogens with zero attached hydrogens (tertiary/aromatic N) is 6. The van der Waals surface area contributed by atoms with E-state index in [0.717, 1.165) is 94.4 Å². The maximum absolute atomic E-state index is 5.34. The first-order valence-electron chi connectivity index (χ1n) is 21.6. The largest absolute Gasteiger partial charge is 0.278 e. The van der Waals surface area contributed by atoms with Crippen molar-refractivity contribution in [3.63, 3.8) is 0 Å². The van der Waals surface area contributed by atoms with Crippen LogP contribution in [0.15, 0.2) is 218 Å². The first-order chi connectivity index (χ1) is 31.7. The third-order valence-electron chi connectivity index (χ3n) is 12.5. The number of hydrogen-bond donors (Lipinski definition) is 0. The predicted octanol–water partition coefficient (Wildman–Crippen LogP) is 14.4. The molecule has 6 nitrogen and oxygen atoms in total. The van der Waals surface area contributed by atoms with Gasteiger partial charge in [-0.15, -0.1) is 0 Å². The van der Waals surface area contributed by atoms with Crippen LogP contribution in [0.2, 0.25) is 0 Å². The second-order valence-corrected chi connectivity index (χ2v) is 16.3. The van der Waals surface area contributed by atoms with E-state index in [0.29, 0.717) is 11.9 Å². The molecule has 0 amide bonds. The van der Waals surface area contributed by atoms with E-state index in [2.05, 4.69) is 203 Å². The Balaban J connectivity index is 1.06. The minimum Gasteiger partial charge on any atom is -0.278 e. The zero-order chi connectivity index (χ0) is 42.1. The van der Waals surface area contributed by atoms with Crippen LogP contribution in [-0.4, -0.2) is 29.1 Å². The Labute approximate surface area is 368 Å². The van der Waals surface area contributed by atoms with Gasteiger partial charge < -0.3 is 0 Å². The first kappa shape index (κ1) is 36.0. The molecule has 0 aliphatic carbocycles. The van der Waals surface area contributed by atoms with Crippen molar-refractivity contribution < 1.29 is 0 Å². The third-order valence-corrected chi connectivity index (χ3v) is 12.5. The number of aromatic nitrogens is 6. The molecular formula is C58H36N6. The molecule has 0 saturated carbocycles. The summed E-state index contributed by atoms with van der Waals surface area (Å²) in [7, 11) is 0. The minimum absolute atomic E-state index is 0.620. The molecule has 6 heteroatoms. The van der Waals surface area contributed by atoms with E-state index in [1.807, 2.05) is 24.3 Å². The Bertz CT molecular complexity index is 3760. The quantitative estimate of drug-likeness (QED) is 0.150. The van der Waals surface area contributed by atoms with Gasteiger partial charge in [-0.1, -0.05) is 176 Å². The van der Waals surface area contributed by atoms with Gasteiger partial charge in [-0.2, -0.15) is 0 Å². The summed E-state index contributed by atoms with van der Waals surface area (Å²) in [5.74, 6) is 1.25. The van der Waals surface area contributed by atoms with Crippen molar-refractivity contribution >= 4 is 54.4 Å². The van der Waals surface area contributed by atoms with Gasteiger partial charge >= 0.3 is 0 Å². The second-order valence-electron chi connectivity index (χ2n) is 16.3. The molecule has 0 aliphatic rings. The van der Waals surface area contributed by atoms with Crippen molar-refractivity contribution in [2.45, 2.75) is 0 Å². The summed E-state index contributed by atoms with van der Waals surface area (Å²) in [6.07, 6.45) is 0. The number of hydrogen-bond acceptors (Lipinski definition) is 4. The van der Waals surface area contributed by atoms with Crippen LogP contribution in [0.5, 0.6) is 0 Å². The van der Waals surface area contributed by atoms with Crippen LogP contribution in [0.3, 0.4) is 0 Å². The van der Waals surface area contributed by atoms with Crippen LogP contribution < -0.4 is 0 Å². The highest BCUT2D eigenvalue weighted by molar-refractivity contribution is 6.25. The summed E-state index contributed by atoms with van der Waals surface area (Å²) in [5, 5.41) is 7.02. The van der Waals surface area contributed by atoms with Crippen LogP contribution in [0, 0.1) is 0 Å². The van der Waals surface area contributed by atoms with Crippen molar-refractivity contribution in [3.8, 4) is 68.1 Å². The van der Waals surface area contributed by atoms with E-state index in [4.69, 9.17) is 19.9 Å². The average molecular weight is 817 g/mol. The van der Waals surface area contributed by atoms with Gasteiger partial charge in [-0.25, -0.2) is 19.9 Å². The van der Waals surface area contributed by atoms with E-state index in [9.17, 15) is 0 Å². The molecule has 4 aromatic heterocycles. The Morgan fingerprint density at radius 2 is 0.688 bits per heavy atom. The fourth-order valence-electron chi connectivity index (χ4n) is 9.54. The van der Waals surface area contributed by atoms with Gasteiger partial charge in [0.1, 0.15) is 0 Å². The third kappa shape index (κ3) is 5.81. The molecule has 0 bridgehead atoms. The molecule has 0 radical (unpaired) electrons. The fraction of sp³-hybridized carbons (Fsp3) is 0. The van der Waals surface area contributed by atoms with Gasteiger partial charge in [0, 0.05) is 43.8 Å². The molecule has 0 atom stereocenters. The van der Waals surface area contributed by atoms with Crippen molar-refractivity contribution in [1.29, 1.82) is 0 Å². The van der Waals surface area contributed by atoms with Gasteiger partial charge in [0.15, 0.2) is 0 Å². The Morgan fingerprint density at radius 1 is 0.250 bits per heavy atom. The van der Waals surface area contributed by atoms with Crippen molar-refractivity contribution in [3.05, 3.63) is 218 Å². The van der Waals surface area contributed by atoms with Gasteiger partial charge in [-0.3, -0.25) is 9.13 Å². The SMILES string of the molecule is c1ccc(-c2cc(-c3ccccc3)nc(-n3c4ccccc4c4ccc(-c5cc6ccc7cccc8c7c6c(c5)n8-c5nc(-c6ccccc6)cc(-c6ccccc6)n5)cc43)n2)cc1. The highest BCUT2D eigenvalue weighted by Crippen LogP contribution is 2.42. The molecule has 64 heavy (non-hydrogen) atoms. The summed E-state index contributed by atoms with van der Waals surface area (Å²) >= 11 is 0. The molecule has 0 fully saturated rings. The lowest BCUT2D eigenvalue weighted by molar-refractivity contribution is 0.995. The van der Waals surface area contributed by atoms with Crippen LogP contribution >= 0.6 is 0 Å². The maximum atomic E-state index is 5.34. The van der Waals surface area contributed by atoms with Crippen LogP contribution in [-0.2, 0) is 0 Å². The van der Waals surface area contributed by atoms with E-state index >= 15 is 0 Å². The second kappa shape index (κ2) is 14.4. The molecule has 0 unspecified atom stereocenters. The minimum atomic E-state index is 0.620. The van der Waals surface area contributed by atoms with E-state index < -0.39 is 0 Å². The fourth-order valence-corrected chi connectivity index (χ4v) is 9.54. The number of benzene rings is 9. The van der Waals surface area contributed by atoms with Gasteiger partial charge in [0.25, 0.3) is 0 Å². The smallest absolute Gasteiger partial charge is 0.235 e. The van der Waals surface area contributed by atoms with Crippen LogP contribution in [0.4, 0.5) is 0 Å². The highest BCUT2D eigenvalue weighted by atomic mass is 15.2. The number of para-hydroxylation sites is 1. The predicted molar refractivity (Wildman–Crippen MR) is 262 cm³/mol. The zero-order valence-electron chi connectivity index (χ0n) is 34.5. The van der Waals surface area contributed by atoms with Gasteiger partial charge in [-0.05, 0) is 64.4 Å².